The summed E-state index contributed by atoms with van der Waals surface area (Å²) < 4.78 is 5.33. The van der Waals surface area contributed by atoms with Gasteiger partial charge in [0.15, 0.2) is 0 Å². The molecule has 0 N–H and O–H groups in total. The summed E-state index contributed by atoms with van der Waals surface area (Å²) in [5.74, 6) is 5.61. The van der Waals surface area contributed by atoms with Gasteiger partial charge >= 0.3 is 0 Å². The Balaban J connectivity index is 1.56. The molecule has 5 atom stereocenters. The number of benzene rings is 1. The topological polar surface area (TPSA) is 9.23 Å². The first kappa shape index (κ1) is 12.1. The normalized spacial score (nSPS) is 40.1. The van der Waals surface area contributed by atoms with Crippen LogP contribution in [-0.4, -0.2) is 7.11 Å². The summed E-state index contributed by atoms with van der Waals surface area (Å²) in [6.45, 7) is 2.10. The molecule has 0 saturated heterocycles. The van der Waals surface area contributed by atoms with Crippen LogP contribution in [0.1, 0.15) is 35.8 Å². The molecule has 0 aromatic heterocycles. The molecule has 19 heavy (non-hydrogen) atoms. The highest BCUT2D eigenvalue weighted by Crippen LogP contribution is 2.73. The molecule has 0 aliphatic heterocycles. The van der Waals surface area contributed by atoms with Crippen LogP contribution in [0.5, 0.6) is 5.75 Å². The van der Waals surface area contributed by atoms with Crippen LogP contribution in [0.3, 0.4) is 0 Å². The maximum Gasteiger partial charge on any atom is 0.121 e. The summed E-state index contributed by atoms with van der Waals surface area (Å²) in [5.41, 5.74) is 2.48. The van der Waals surface area contributed by atoms with Gasteiger partial charge in [-0.15, -0.1) is 11.6 Å². The molecule has 4 rings (SSSR count). The van der Waals surface area contributed by atoms with Crippen molar-refractivity contribution in [1.29, 1.82) is 0 Å². The van der Waals surface area contributed by atoms with Crippen molar-refractivity contribution in [3.8, 4) is 5.75 Å². The Morgan fingerprint density at radius 2 is 1.89 bits per heavy atom. The van der Waals surface area contributed by atoms with Crippen LogP contribution in [0.25, 0.3) is 0 Å². The SMILES string of the molecule is COc1ccc(C(Cl)C2C3C4CCC(C4)C32)cc1C. The first-order valence-electron chi connectivity index (χ1n) is 7.49. The maximum absolute atomic E-state index is 6.79. The number of aryl methyl sites for hydroxylation is 1. The van der Waals surface area contributed by atoms with Gasteiger partial charge in [-0.1, -0.05) is 12.1 Å². The smallest absolute Gasteiger partial charge is 0.121 e. The third-order valence-electron chi connectivity index (χ3n) is 5.87. The van der Waals surface area contributed by atoms with Crippen LogP contribution in [0.2, 0.25) is 0 Å². The van der Waals surface area contributed by atoms with Gasteiger partial charge in [-0.25, -0.2) is 0 Å². The van der Waals surface area contributed by atoms with E-state index in [1.807, 2.05) is 0 Å². The monoisotopic (exact) mass is 276 g/mol. The van der Waals surface area contributed by atoms with Crippen molar-refractivity contribution in [1.82, 2.24) is 0 Å². The van der Waals surface area contributed by atoms with Crippen molar-refractivity contribution in [2.75, 3.05) is 7.11 Å². The molecule has 3 aliphatic rings. The third-order valence-corrected chi connectivity index (χ3v) is 6.41. The second-order valence-corrected chi connectivity index (χ2v) is 7.17. The summed E-state index contributed by atoms with van der Waals surface area (Å²) in [5, 5.41) is 0.211. The van der Waals surface area contributed by atoms with E-state index in [0.29, 0.717) is 0 Å². The van der Waals surface area contributed by atoms with Gasteiger partial charge in [-0.05, 0) is 73.0 Å². The lowest BCUT2D eigenvalue weighted by Gasteiger charge is -2.16. The zero-order valence-electron chi connectivity index (χ0n) is 11.6. The fourth-order valence-electron chi connectivity index (χ4n) is 5.08. The second-order valence-electron chi connectivity index (χ2n) is 6.70. The van der Waals surface area contributed by atoms with E-state index >= 15 is 0 Å². The molecule has 5 unspecified atom stereocenters. The molecule has 0 spiro atoms. The largest absolute Gasteiger partial charge is 0.496 e. The molecule has 1 nitrogen and oxygen atoms in total. The molecule has 2 heteroatoms. The van der Waals surface area contributed by atoms with E-state index in [9.17, 15) is 0 Å². The van der Waals surface area contributed by atoms with E-state index < -0.39 is 0 Å². The Labute approximate surface area is 120 Å². The highest BCUT2D eigenvalue weighted by atomic mass is 35.5. The van der Waals surface area contributed by atoms with Crippen LogP contribution < -0.4 is 4.74 Å². The molecule has 0 heterocycles. The van der Waals surface area contributed by atoms with Crippen molar-refractivity contribution in [2.45, 2.75) is 31.6 Å². The molecular formula is C17H21ClO. The zero-order chi connectivity index (χ0) is 13.1. The van der Waals surface area contributed by atoms with E-state index in [4.69, 9.17) is 16.3 Å². The Kier molecular flexibility index (Phi) is 2.64. The molecule has 0 amide bonds. The highest BCUT2D eigenvalue weighted by molar-refractivity contribution is 6.21. The van der Waals surface area contributed by atoms with Gasteiger partial charge in [0, 0.05) is 0 Å². The number of hydrogen-bond donors (Lipinski definition) is 0. The fraction of sp³-hybridized carbons (Fsp3) is 0.647. The van der Waals surface area contributed by atoms with E-state index in [1.54, 1.807) is 7.11 Å². The van der Waals surface area contributed by atoms with Crippen molar-refractivity contribution < 1.29 is 4.74 Å². The van der Waals surface area contributed by atoms with E-state index in [-0.39, 0.29) is 5.38 Å². The number of alkyl halides is 1. The lowest BCUT2D eigenvalue weighted by atomic mass is 9.96. The predicted molar refractivity (Wildman–Crippen MR) is 77.6 cm³/mol. The zero-order valence-corrected chi connectivity index (χ0v) is 12.4. The van der Waals surface area contributed by atoms with E-state index in [0.717, 1.165) is 35.3 Å². The van der Waals surface area contributed by atoms with Gasteiger partial charge in [0.25, 0.3) is 0 Å². The molecule has 2 bridgehead atoms. The Hall–Kier alpha value is -0.690. The van der Waals surface area contributed by atoms with Crippen molar-refractivity contribution in [3.63, 3.8) is 0 Å². The summed E-state index contributed by atoms with van der Waals surface area (Å²) in [6, 6.07) is 6.43. The quantitative estimate of drug-likeness (QED) is 0.735. The number of rotatable bonds is 3. The summed E-state index contributed by atoms with van der Waals surface area (Å²) >= 11 is 6.79. The van der Waals surface area contributed by atoms with Crippen LogP contribution in [0, 0.1) is 36.5 Å². The lowest BCUT2D eigenvalue weighted by Crippen LogP contribution is -2.04. The average Bonchev–Trinajstić information content (AvgIpc) is 2.85. The molecule has 3 fully saturated rings. The van der Waals surface area contributed by atoms with Gasteiger partial charge in [0.1, 0.15) is 5.75 Å². The lowest BCUT2D eigenvalue weighted by molar-refractivity contribution is 0.411. The van der Waals surface area contributed by atoms with Crippen molar-refractivity contribution in [3.05, 3.63) is 29.3 Å². The maximum atomic E-state index is 6.79. The first-order valence-corrected chi connectivity index (χ1v) is 7.93. The van der Waals surface area contributed by atoms with Crippen LogP contribution >= 0.6 is 11.6 Å². The Bertz CT molecular complexity index is 496. The van der Waals surface area contributed by atoms with Crippen LogP contribution in [-0.2, 0) is 0 Å². The standard InChI is InChI=1S/C17H21ClO/c1-9-7-12(5-6-13(9)19-2)17(18)16-14-10-3-4-11(8-10)15(14)16/h5-7,10-11,14-17H,3-4,8H2,1-2H3. The second kappa shape index (κ2) is 4.15. The number of halogens is 1. The van der Waals surface area contributed by atoms with Crippen LogP contribution in [0.4, 0.5) is 0 Å². The minimum atomic E-state index is 0.211. The van der Waals surface area contributed by atoms with Crippen molar-refractivity contribution >= 4 is 11.6 Å². The Morgan fingerprint density at radius 1 is 1.21 bits per heavy atom. The number of hydrogen-bond acceptors (Lipinski definition) is 1. The molecule has 102 valence electrons. The van der Waals surface area contributed by atoms with Gasteiger partial charge in [-0.3, -0.25) is 0 Å². The Morgan fingerprint density at radius 3 is 2.47 bits per heavy atom. The van der Waals surface area contributed by atoms with Crippen molar-refractivity contribution in [2.24, 2.45) is 29.6 Å². The molecule has 1 aromatic carbocycles. The van der Waals surface area contributed by atoms with Gasteiger partial charge in [0.05, 0.1) is 12.5 Å². The minimum absolute atomic E-state index is 0.211. The number of methoxy groups -OCH3 is 1. The van der Waals surface area contributed by atoms with Gasteiger partial charge < -0.3 is 4.74 Å². The predicted octanol–water partition coefficient (Wildman–Crippen LogP) is 4.58. The third kappa shape index (κ3) is 1.67. The number of ether oxygens (including phenoxy) is 1. The molecule has 0 radical (unpaired) electrons. The van der Waals surface area contributed by atoms with Gasteiger partial charge in [0.2, 0.25) is 0 Å². The van der Waals surface area contributed by atoms with E-state index in [1.165, 1.54) is 30.4 Å². The molecule has 3 saturated carbocycles. The fourth-order valence-corrected chi connectivity index (χ4v) is 5.55. The average molecular weight is 277 g/mol. The summed E-state index contributed by atoms with van der Waals surface area (Å²) in [6.07, 6.45) is 4.43. The summed E-state index contributed by atoms with van der Waals surface area (Å²) in [4.78, 5) is 0. The molecular weight excluding hydrogens is 256 g/mol. The van der Waals surface area contributed by atoms with Crippen LogP contribution in [0.15, 0.2) is 18.2 Å². The molecule has 3 aliphatic carbocycles. The summed E-state index contributed by atoms with van der Waals surface area (Å²) in [7, 11) is 1.73. The van der Waals surface area contributed by atoms with E-state index in [2.05, 4.69) is 25.1 Å². The molecule has 1 aromatic rings. The van der Waals surface area contributed by atoms with Gasteiger partial charge in [-0.2, -0.15) is 0 Å². The minimum Gasteiger partial charge on any atom is -0.496 e. The first-order chi connectivity index (χ1) is 9.20. The highest BCUT2D eigenvalue weighted by Gasteiger charge is 2.66. The number of fused-ring (bicyclic) bond motifs is 5.